The van der Waals surface area contributed by atoms with Crippen LogP contribution < -0.4 is 10.1 Å². The second-order valence-electron chi connectivity index (χ2n) is 5.21. The molecule has 0 saturated carbocycles. The molecule has 7 nitrogen and oxygen atoms in total. The van der Waals surface area contributed by atoms with E-state index in [1.54, 1.807) is 7.11 Å². The molecule has 1 aromatic heterocycles. The summed E-state index contributed by atoms with van der Waals surface area (Å²) in [5.74, 6) is 1.97. The summed E-state index contributed by atoms with van der Waals surface area (Å²) >= 11 is 0. The highest BCUT2D eigenvalue weighted by Crippen LogP contribution is 2.22. The molecule has 0 amide bonds. The number of rotatable bonds is 5. The Balaban J connectivity index is 1.64. The van der Waals surface area contributed by atoms with E-state index in [2.05, 4.69) is 15.5 Å². The van der Waals surface area contributed by atoms with Crippen molar-refractivity contribution in [2.24, 2.45) is 0 Å². The number of ether oxygens (including phenoxy) is 1. The molecule has 0 radical (unpaired) electrons. The zero-order valence-corrected chi connectivity index (χ0v) is 13.0. The Labute approximate surface area is 128 Å². The predicted molar refractivity (Wildman–Crippen MR) is 80.2 cm³/mol. The third-order valence-electron chi connectivity index (χ3n) is 3.56. The molecule has 118 valence electrons. The number of aromatic nitrogens is 2. The Morgan fingerprint density at radius 3 is 3.00 bits per heavy atom. The van der Waals surface area contributed by atoms with Crippen LogP contribution in [0, 0.1) is 0 Å². The zero-order valence-electron chi connectivity index (χ0n) is 12.2. The van der Waals surface area contributed by atoms with E-state index in [4.69, 9.17) is 9.15 Å². The van der Waals surface area contributed by atoms with Crippen LogP contribution in [0.5, 0.6) is 5.75 Å². The van der Waals surface area contributed by atoms with Crippen molar-refractivity contribution in [3.05, 3.63) is 30.2 Å². The number of nitrogens with zero attached hydrogens (tertiary/aromatic N) is 2. The average Bonchev–Trinajstić information content (AvgIpc) is 3.11. The van der Waals surface area contributed by atoms with Crippen LogP contribution in [0.1, 0.15) is 12.3 Å². The lowest BCUT2D eigenvalue weighted by molar-refractivity contribution is 0.414. The summed E-state index contributed by atoms with van der Waals surface area (Å²) in [6.07, 6.45) is 0.624. The van der Waals surface area contributed by atoms with Crippen LogP contribution in [0.4, 0.5) is 0 Å². The van der Waals surface area contributed by atoms with Crippen LogP contribution in [0.25, 0.3) is 11.5 Å². The van der Waals surface area contributed by atoms with Crippen LogP contribution in [-0.4, -0.2) is 43.3 Å². The lowest BCUT2D eigenvalue weighted by Crippen LogP contribution is -2.29. The van der Waals surface area contributed by atoms with Crippen molar-refractivity contribution < 1.29 is 17.6 Å². The standard InChI is InChI=1S/C14H17N3O4S/c1-20-12-4-2-3-10(7-12)14-17-16-13(21-14)8-15-11-5-6-22(18,19)9-11/h2-4,7,11,15H,5-6,8-9H2,1H3. The molecule has 3 rings (SSSR count). The first-order chi connectivity index (χ1) is 10.6. The van der Waals surface area contributed by atoms with Crippen LogP contribution in [0.3, 0.4) is 0 Å². The van der Waals surface area contributed by atoms with Gasteiger partial charge in [0.2, 0.25) is 11.8 Å². The van der Waals surface area contributed by atoms with E-state index in [9.17, 15) is 8.42 Å². The summed E-state index contributed by atoms with van der Waals surface area (Å²) in [6.45, 7) is 0.358. The minimum Gasteiger partial charge on any atom is -0.497 e. The number of sulfone groups is 1. The molecule has 1 fully saturated rings. The van der Waals surface area contributed by atoms with Gasteiger partial charge in [0, 0.05) is 11.6 Å². The smallest absolute Gasteiger partial charge is 0.247 e. The van der Waals surface area contributed by atoms with Gasteiger partial charge in [-0.3, -0.25) is 0 Å². The summed E-state index contributed by atoms with van der Waals surface area (Å²) in [6, 6.07) is 7.31. The number of nitrogens with one attached hydrogen (secondary N) is 1. The monoisotopic (exact) mass is 323 g/mol. The van der Waals surface area contributed by atoms with Gasteiger partial charge in [0.05, 0.1) is 25.2 Å². The first-order valence-electron chi connectivity index (χ1n) is 6.96. The Hall–Kier alpha value is -1.93. The van der Waals surface area contributed by atoms with E-state index in [0.29, 0.717) is 30.5 Å². The van der Waals surface area contributed by atoms with Crippen LogP contribution in [0.15, 0.2) is 28.7 Å². The van der Waals surface area contributed by atoms with Crippen molar-refractivity contribution in [2.75, 3.05) is 18.6 Å². The minimum atomic E-state index is -2.89. The molecule has 1 aliphatic rings. The van der Waals surface area contributed by atoms with Crippen molar-refractivity contribution in [3.8, 4) is 17.2 Å². The van der Waals surface area contributed by atoms with Gasteiger partial charge in [-0.2, -0.15) is 0 Å². The van der Waals surface area contributed by atoms with E-state index in [1.165, 1.54) is 0 Å². The van der Waals surface area contributed by atoms with Gasteiger partial charge in [-0.05, 0) is 24.6 Å². The topological polar surface area (TPSA) is 94.3 Å². The lowest BCUT2D eigenvalue weighted by Gasteiger charge is -2.07. The van der Waals surface area contributed by atoms with Crippen molar-refractivity contribution in [3.63, 3.8) is 0 Å². The molecule has 0 aliphatic carbocycles. The molecule has 2 heterocycles. The number of hydrogen-bond acceptors (Lipinski definition) is 7. The molecule has 1 aliphatic heterocycles. The molecule has 0 bridgehead atoms. The van der Waals surface area contributed by atoms with Crippen molar-refractivity contribution in [1.82, 2.24) is 15.5 Å². The average molecular weight is 323 g/mol. The van der Waals surface area contributed by atoms with Crippen LogP contribution >= 0.6 is 0 Å². The third-order valence-corrected chi connectivity index (χ3v) is 5.33. The molecular weight excluding hydrogens is 306 g/mol. The summed E-state index contributed by atoms with van der Waals surface area (Å²) in [5, 5.41) is 11.1. The first kappa shape index (κ1) is 15.0. The molecule has 2 aromatic rings. The fraction of sp³-hybridized carbons (Fsp3) is 0.429. The number of methoxy groups -OCH3 is 1. The van der Waals surface area contributed by atoms with Gasteiger partial charge in [0.1, 0.15) is 5.75 Å². The Morgan fingerprint density at radius 2 is 2.27 bits per heavy atom. The third kappa shape index (κ3) is 3.45. The lowest BCUT2D eigenvalue weighted by atomic mass is 10.2. The molecule has 0 spiro atoms. The van der Waals surface area contributed by atoms with Gasteiger partial charge >= 0.3 is 0 Å². The molecule has 1 aromatic carbocycles. The van der Waals surface area contributed by atoms with Gasteiger partial charge in [0.15, 0.2) is 9.84 Å². The molecule has 1 saturated heterocycles. The van der Waals surface area contributed by atoms with E-state index >= 15 is 0 Å². The molecule has 1 N–H and O–H groups in total. The maximum absolute atomic E-state index is 11.4. The highest BCUT2D eigenvalue weighted by atomic mass is 32.2. The maximum atomic E-state index is 11.4. The van der Waals surface area contributed by atoms with E-state index in [-0.39, 0.29) is 17.5 Å². The molecule has 1 unspecified atom stereocenters. The molecule has 22 heavy (non-hydrogen) atoms. The minimum absolute atomic E-state index is 0.0443. The Kier molecular flexibility index (Phi) is 4.12. The van der Waals surface area contributed by atoms with Crippen molar-refractivity contribution >= 4 is 9.84 Å². The molecule has 8 heteroatoms. The normalized spacial score (nSPS) is 20.1. The Morgan fingerprint density at radius 1 is 1.41 bits per heavy atom. The van der Waals surface area contributed by atoms with E-state index in [0.717, 1.165) is 5.56 Å². The first-order valence-corrected chi connectivity index (χ1v) is 8.78. The summed E-state index contributed by atoms with van der Waals surface area (Å²) in [5.41, 5.74) is 0.779. The largest absolute Gasteiger partial charge is 0.497 e. The quantitative estimate of drug-likeness (QED) is 0.878. The van der Waals surface area contributed by atoms with Gasteiger partial charge < -0.3 is 14.5 Å². The van der Waals surface area contributed by atoms with Crippen LogP contribution in [-0.2, 0) is 16.4 Å². The SMILES string of the molecule is COc1cccc(-c2nnc(CNC3CCS(=O)(=O)C3)o2)c1. The fourth-order valence-electron chi connectivity index (χ4n) is 2.39. The molecular formula is C14H17N3O4S. The summed E-state index contributed by atoms with van der Waals surface area (Å²) in [7, 11) is -1.29. The number of hydrogen-bond donors (Lipinski definition) is 1. The second kappa shape index (κ2) is 6.05. The molecule has 1 atom stereocenters. The van der Waals surface area contributed by atoms with Crippen LogP contribution in [0.2, 0.25) is 0 Å². The van der Waals surface area contributed by atoms with Gasteiger partial charge in [-0.25, -0.2) is 8.42 Å². The predicted octanol–water partition coefficient (Wildman–Crippen LogP) is 1.02. The highest BCUT2D eigenvalue weighted by molar-refractivity contribution is 7.91. The van der Waals surface area contributed by atoms with Gasteiger partial charge in [-0.1, -0.05) is 6.07 Å². The summed E-state index contributed by atoms with van der Waals surface area (Å²) in [4.78, 5) is 0. The second-order valence-corrected chi connectivity index (χ2v) is 7.44. The fourth-order valence-corrected chi connectivity index (χ4v) is 4.09. The van der Waals surface area contributed by atoms with Gasteiger partial charge in [-0.15, -0.1) is 10.2 Å². The highest BCUT2D eigenvalue weighted by Gasteiger charge is 2.27. The zero-order chi connectivity index (χ0) is 15.6. The van der Waals surface area contributed by atoms with E-state index < -0.39 is 9.84 Å². The summed E-state index contributed by atoms with van der Waals surface area (Å²) < 4.78 is 33.5. The van der Waals surface area contributed by atoms with E-state index in [1.807, 2.05) is 24.3 Å². The van der Waals surface area contributed by atoms with Crippen molar-refractivity contribution in [2.45, 2.75) is 19.0 Å². The number of benzene rings is 1. The Bertz CT molecular complexity index is 757. The maximum Gasteiger partial charge on any atom is 0.247 e. The van der Waals surface area contributed by atoms with Crippen molar-refractivity contribution in [1.29, 1.82) is 0 Å². The van der Waals surface area contributed by atoms with Gasteiger partial charge in [0.25, 0.3) is 0 Å².